The highest BCUT2D eigenvalue weighted by Crippen LogP contribution is 2.45. The Morgan fingerprint density at radius 2 is 1.97 bits per heavy atom. The number of halogens is 1. The topological polar surface area (TPSA) is 89.4 Å². The molecule has 1 N–H and O–H groups in total. The Hall–Kier alpha value is -3.08. The first kappa shape index (κ1) is 23.7. The number of anilines is 1. The van der Waals surface area contributed by atoms with Crippen LogP contribution >= 0.6 is 0 Å². The first-order valence-electron chi connectivity index (χ1n) is 11.6. The number of aromatic nitrogens is 3. The number of ether oxygens (including phenoxy) is 1. The minimum absolute atomic E-state index is 0.177. The summed E-state index contributed by atoms with van der Waals surface area (Å²) in [6.07, 6.45) is 6.52. The minimum atomic E-state index is -3.72. The Morgan fingerprint density at radius 1 is 1.17 bits per heavy atom. The molecule has 0 amide bonds. The van der Waals surface area contributed by atoms with Crippen LogP contribution in [0.5, 0.6) is 0 Å². The van der Waals surface area contributed by atoms with Gasteiger partial charge in [-0.3, -0.25) is 0 Å². The van der Waals surface area contributed by atoms with Crippen molar-refractivity contribution in [2.45, 2.75) is 24.7 Å². The molecule has 10 heteroatoms. The van der Waals surface area contributed by atoms with Gasteiger partial charge in [-0.15, -0.1) is 0 Å². The van der Waals surface area contributed by atoms with E-state index in [4.69, 9.17) is 4.74 Å². The molecule has 1 fully saturated rings. The van der Waals surface area contributed by atoms with Crippen molar-refractivity contribution >= 4 is 21.9 Å². The van der Waals surface area contributed by atoms with Gasteiger partial charge in [0.05, 0.1) is 24.2 Å². The molecule has 2 aromatic heterocycles. The van der Waals surface area contributed by atoms with E-state index in [9.17, 15) is 12.8 Å². The lowest BCUT2D eigenvalue weighted by atomic mass is 9.69. The summed E-state index contributed by atoms with van der Waals surface area (Å²) in [5.41, 5.74) is 3.40. The molecule has 3 heterocycles. The molecule has 0 spiro atoms. The van der Waals surface area contributed by atoms with E-state index in [1.165, 1.54) is 18.3 Å². The average Bonchev–Trinajstić information content (AvgIpc) is 3.28. The normalized spacial score (nSPS) is 20.1. The number of nitrogens with zero attached hydrogens (tertiary/aromatic N) is 4. The Bertz CT molecular complexity index is 1350. The number of sulfonamides is 1. The van der Waals surface area contributed by atoms with E-state index >= 15 is 0 Å². The summed E-state index contributed by atoms with van der Waals surface area (Å²) >= 11 is 0. The van der Waals surface area contributed by atoms with E-state index in [0.717, 1.165) is 22.5 Å². The third-order valence-corrected chi connectivity index (χ3v) is 8.63. The Balaban J connectivity index is 1.49. The average molecular weight is 498 g/mol. The van der Waals surface area contributed by atoms with Crippen LogP contribution < -0.4 is 5.32 Å². The summed E-state index contributed by atoms with van der Waals surface area (Å²) in [7, 11) is -1.98. The van der Waals surface area contributed by atoms with Gasteiger partial charge in [-0.05, 0) is 67.8 Å². The molecule has 2 aliphatic rings. The highest BCUT2D eigenvalue weighted by molar-refractivity contribution is 7.89. The molecule has 184 valence electrons. The zero-order valence-corrected chi connectivity index (χ0v) is 20.6. The SMILES string of the molecule is CCOC[C@]12Cc3cnn(-c4ccc(F)cc4)c3C=C1CCN(S(=O)(=O)c1ccc(NC)nc1)C2. The first-order chi connectivity index (χ1) is 16.9. The first-order valence-corrected chi connectivity index (χ1v) is 13.1. The third kappa shape index (κ3) is 4.26. The number of hydrogen-bond donors (Lipinski definition) is 1. The van der Waals surface area contributed by atoms with Crippen molar-refractivity contribution in [1.29, 1.82) is 0 Å². The van der Waals surface area contributed by atoms with E-state index in [1.807, 2.05) is 17.8 Å². The third-order valence-electron chi connectivity index (χ3n) is 6.80. The number of fused-ring (bicyclic) bond motifs is 2. The Morgan fingerprint density at radius 3 is 2.66 bits per heavy atom. The van der Waals surface area contributed by atoms with Gasteiger partial charge in [-0.2, -0.15) is 9.40 Å². The molecular formula is C25H28FN5O3S. The van der Waals surface area contributed by atoms with Gasteiger partial charge in [-0.1, -0.05) is 5.57 Å². The van der Waals surface area contributed by atoms with E-state index in [1.54, 1.807) is 35.6 Å². The molecule has 5 rings (SSSR count). The summed E-state index contributed by atoms with van der Waals surface area (Å²) < 4.78 is 49.7. The summed E-state index contributed by atoms with van der Waals surface area (Å²) in [6.45, 7) is 3.58. The van der Waals surface area contributed by atoms with Crippen LogP contribution in [-0.4, -0.2) is 60.8 Å². The van der Waals surface area contributed by atoms with E-state index < -0.39 is 15.4 Å². The zero-order chi connectivity index (χ0) is 24.6. The summed E-state index contributed by atoms with van der Waals surface area (Å²) in [5, 5.41) is 7.47. The van der Waals surface area contributed by atoms with Crippen LogP contribution in [-0.2, 0) is 21.2 Å². The molecule has 35 heavy (non-hydrogen) atoms. The van der Waals surface area contributed by atoms with Gasteiger partial charge in [0.2, 0.25) is 10.0 Å². The Kier molecular flexibility index (Phi) is 6.20. The van der Waals surface area contributed by atoms with Crippen LogP contribution in [0.15, 0.2) is 59.3 Å². The number of piperidine rings is 1. The van der Waals surface area contributed by atoms with Gasteiger partial charge in [-0.25, -0.2) is 22.5 Å². The second-order valence-corrected chi connectivity index (χ2v) is 10.9. The number of pyridine rings is 1. The molecule has 1 aromatic carbocycles. The van der Waals surface area contributed by atoms with Crippen molar-refractivity contribution in [3.63, 3.8) is 0 Å². The predicted molar refractivity (Wildman–Crippen MR) is 131 cm³/mol. The number of benzene rings is 1. The smallest absolute Gasteiger partial charge is 0.244 e. The molecule has 1 saturated heterocycles. The van der Waals surface area contributed by atoms with Crippen LogP contribution in [0.3, 0.4) is 0 Å². The van der Waals surface area contributed by atoms with Crippen molar-refractivity contribution in [2.75, 3.05) is 38.7 Å². The van der Waals surface area contributed by atoms with Crippen LogP contribution in [0.4, 0.5) is 10.2 Å². The van der Waals surface area contributed by atoms with Crippen LogP contribution in [0.25, 0.3) is 11.8 Å². The van der Waals surface area contributed by atoms with Crippen LogP contribution in [0.2, 0.25) is 0 Å². The minimum Gasteiger partial charge on any atom is -0.381 e. The molecule has 0 saturated carbocycles. The maximum atomic E-state index is 13.5. The molecule has 3 aromatic rings. The fourth-order valence-electron chi connectivity index (χ4n) is 4.94. The lowest BCUT2D eigenvalue weighted by Crippen LogP contribution is -2.51. The highest BCUT2D eigenvalue weighted by Gasteiger charge is 2.46. The monoisotopic (exact) mass is 497 g/mol. The fourth-order valence-corrected chi connectivity index (χ4v) is 6.42. The van der Waals surface area contributed by atoms with Crippen molar-refractivity contribution < 1.29 is 17.5 Å². The quantitative estimate of drug-likeness (QED) is 0.538. The molecule has 0 unspecified atom stereocenters. The van der Waals surface area contributed by atoms with Gasteiger partial charge in [0.15, 0.2) is 0 Å². The second kappa shape index (κ2) is 9.18. The molecule has 0 bridgehead atoms. The van der Waals surface area contributed by atoms with Gasteiger partial charge in [0, 0.05) is 38.4 Å². The zero-order valence-electron chi connectivity index (χ0n) is 19.7. The van der Waals surface area contributed by atoms with Gasteiger partial charge >= 0.3 is 0 Å². The van der Waals surface area contributed by atoms with E-state index in [2.05, 4.69) is 21.5 Å². The van der Waals surface area contributed by atoms with Crippen LogP contribution in [0.1, 0.15) is 24.6 Å². The number of hydrogen-bond acceptors (Lipinski definition) is 6. The standard InChI is InChI=1S/C25H28FN5O3S/c1-3-34-17-25-13-18-14-29-31(21-6-4-20(26)5-7-21)23(18)12-19(25)10-11-30(16-25)35(32,33)22-8-9-24(27-2)28-15-22/h4-9,12,14-15H,3,10-11,13,16-17H2,1-2H3,(H,27,28)/t25-/m1/s1. The van der Waals surface area contributed by atoms with Crippen LogP contribution in [0, 0.1) is 11.2 Å². The molecule has 1 aliphatic heterocycles. The van der Waals surface area contributed by atoms with Crippen molar-refractivity contribution in [3.8, 4) is 5.69 Å². The van der Waals surface area contributed by atoms with E-state index in [0.29, 0.717) is 45.0 Å². The molecular weight excluding hydrogens is 469 g/mol. The number of nitrogens with one attached hydrogen (secondary N) is 1. The van der Waals surface area contributed by atoms with Gasteiger partial charge in [0.25, 0.3) is 0 Å². The molecule has 1 aliphatic carbocycles. The lowest BCUT2D eigenvalue weighted by molar-refractivity contribution is 0.0477. The highest BCUT2D eigenvalue weighted by atomic mass is 32.2. The molecule has 0 radical (unpaired) electrons. The van der Waals surface area contributed by atoms with Crippen molar-refractivity contribution in [1.82, 2.24) is 19.1 Å². The van der Waals surface area contributed by atoms with Gasteiger partial charge < -0.3 is 10.1 Å². The van der Waals surface area contributed by atoms with Crippen molar-refractivity contribution in [2.24, 2.45) is 5.41 Å². The summed E-state index contributed by atoms with van der Waals surface area (Å²) in [4.78, 5) is 4.36. The maximum absolute atomic E-state index is 13.5. The largest absolute Gasteiger partial charge is 0.381 e. The second-order valence-electron chi connectivity index (χ2n) is 8.92. The fraction of sp³-hybridized carbons (Fsp3) is 0.360. The molecule has 1 atom stereocenters. The number of rotatable bonds is 7. The molecule has 8 nitrogen and oxygen atoms in total. The van der Waals surface area contributed by atoms with E-state index in [-0.39, 0.29) is 10.7 Å². The predicted octanol–water partition coefficient (Wildman–Crippen LogP) is 3.51. The Labute approximate surface area is 204 Å². The maximum Gasteiger partial charge on any atom is 0.244 e. The summed E-state index contributed by atoms with van der Waals surface area (Å²) in [5.74, 6) is 0.312. The lowest BCUT2D eigenvalue weighted by Gasteiger charge is -2.45. The summed E-state index contributed by atoms with van der Waals surface area (Å²) in [6, 6.07) is 9.48. The van der Waals surface area contributed by atoms with Crippen molar-refractivity contribution in [3.05, 3.63) is 71.4 Å². The van der Waals surface area contributed by atoms with Gasteiger partial charge in [0.1, 0.15) is 16.5 Å².